The lowest BCUT2D eigenvalue weighted by molar-refractivity contribution is -0.133. The van der Waals surface area contributed by atoms with E-state index in [0.29, 0.717) is 0 Å². The van der Waals surface area contributed by atoms with Crippen LogP contribution in [-0.2, 0) is 6.42 Å². The van der Waals surface area contributed by atoms with Crippen molar-refractivity contribution in [2.24, 2.45) is 0 Å². The molecule has 0 spiro atoms. The summed E-state index contributed by atoms with van der Waals surface area (Å²) in [5.74, 6) is 0. The summed E-state index contributed by atoms with van der Waals surface area (Å²) in [7, 11) is 0. The molecule has 0 heterocycles. The monoisotopic (exact) mass is 188 g/mol. The lowest BCUT2D eigenvalue weighted by atomic mass is 10.1. The minimum atomic E-state index is -4.05. The van der Waals surface area contributed by atoms with Crippen LogP contribution in [-0.4, -0.2) is 6.18 Å². The highest BCUT2D eigenvalue weighted by atomic mass is 19.4. The molecule has 13 heavy (non-hydrogen) atoms. The molecular formula is C10H11F3. The van der Waals surface area contributed by atoms with Gasteiger partial charge in [0.2, 0.25) is 0 Å². The topological polar surface area (TPSA) is 0 Å². The van der Waals surface area contributed by atoms with E-state index in [9.17, 15) is 13.2 Å². The number of benzene rings is 1. The largest absolute Gasteiger partial charge is 0.389 e. The zero-order chi connectivity index (χ0) is 9.90. The highest BCUT2D eigenvalue weighted by Crippen LogP contribution is 2.22. The van der Waals surface area contributed by atoms with Gasteiger partial charge in [-0.1, -0.05) is 29.8 Å². The van der Waals surface area contributed by atoms with Gasteiger partial charge >= 0.3 is 6.18 Å². The van der Waals surface area contributed by atoms with Crippen molar-refractivity contribution in [2.75, 3.05) is 0 Å². The van der Waals surface area contributed by atoms with E-state index in [2.05, 4.69) is 0 Å². The van der Waals surface area contributed by atoms with Crippen LogP contribution in [0.15, 0.2) is 24.3 Å². The fraction of sp³-hybridized carbons (Fsp3) is 0.400. The molecule has 72 valence electrons. The van der Waals surface area contributed by atoms with Crippen LogP contribution in [0.25, 0.3) is 0 Å². The fourth-order valence-electron chi connectivity index (χ4n) is 1.15. The predicted octanol–water partition coefficient (Wildman–Crippen LogP) is 3.49. The van der Waals surface area contributed by atoms with E-state index in [1.54, 1.807) is 18.2 Å². The van der Waals surface area contributed by atoms with Gasteiger partial charge in [0.1, 0.15) is 0 Å². The van der Waals surface area contributed by atoms with Crippen LogP contribution in [0.1, 0.15) is 17.5 Å². The molecule has 0 unspecified atom stereocenters. The van der Waals surface area contributed by atoms with Crippen molar-refractivity contribution >= 4 is 0 Å². The first-order chi connectivity index (χ1) is 5.97. The number of aryl methyl sites for hydroxylation is 2. The van der Waals surface area contributed by atoms with Crippen LogP contribution >= 0.6 is 0 Å². The standard InChI is InChI=1S/C10H11F3/c1-8-3-2-4-9(7-8)5-6-10(11,12)13/h2-4,7H,5-6H2,1H3. The van der Waals surface area contributed by atoms with E-state index >= 15 is 0 Å². The Labute approximate surface area is 75.4 Å². The van der Waals surface area contributed by atoms with Gasteiger partial charge in [-0.2, -0.15) is 13.2 Å². The van der Waals surface area contributed by atoms with Gasteiger partial charge in [0.05, 0.1) is 0 Å². The Hall–Kier alpha value is -0.990. The maximum atomic E-state index is 11.8. The quantitative estimate of drug-likeness (QED) is 0.666. The first kappa shape index (κ1) is 10.1. The zero-order valence-electron chi connectivity index (χ0n) is 7.36. The maximum Gasteiger partial charge on any atom is 0.389 e. The Bertz CT molecular complexity index is 276. The summed E-state index contributed by atoms with van der Waals surface area (Å²) < 4.78 is 35.5. The second-order valence-corrected chi connectivity index (χ2v) is 3.10. The second kappa shape index (κ2) is 3.81. The molecule has 0 aliphatic rings. The first-order valence-electron chi connectivity index (χ1n) is 4.10. The minimum absolute atomic E-state index is 0.0746. The van der Waals surface area contributed by atoms with Crippen molar-refractivity contribution in [3.8, 4) is 0 Å². The summed E-state index contributed by atoms with van der Waals surface area (Å²) in [6, 6.07) is 7.16. The van der Waals surface area contributed by atoms with E-state index in [1.165, 1.54) is 0 Å². The van der Waals surface area contributed by atoms with E-state index in [-0.39, 0.29) is 6.42 Å². The van der Waals surface area contributed by atoms with Crippen molar-refractivity contribution < 1.29 is 13.2 Å². The summed E-state index contributed by atoms with van der Waals surface area (Å²) in [5.41, 5.74) is 1.75. The van der Waals surface area contributed by atoms with Gasteiger partial charge < -0.3 is 0 Å². The molecule has 0 saturated carbocycles. The summed E-state index contributed by atoms with van der Waals surface area (Å²) in [6.07, 6.45) is -4.72. The molecule has 0 aromatic heterocycles. The molecule has 1 aromatic carbocycles. The molecule has 0 nitrogen and oxygen atoms in total. The molecule has 0 N–H and O–H groups in total. The zero-order valence-corrected chi connectivity index (χ0v) is 7.36. The number of rotatable bonds is 2. The van der Waals surface area contributed by atoms with E-state index in [0.717, 1.165) is 11.1 Å². The molecule has 0 aliphatic carbocycles. The van der Waals surface area contributed by atoms with Crippen LogP contribution in [0, 0.1) is 6.92 Å². The summed E-state index contributed by atoms with van der Waals surface area (Å²) in [5, 5.41) is 0. The lowest BCUT2D eigenvalue weighted by Crippen LogP contribution is -2.08. The average molecular weight is 188 g/mol. The van der Waals surface area contributed by atoms with Crippen LogP contribution in [0.5, 0.6) is 0 Å². The van der Waals surface area contributed by atoms with Crippen LogP contribution in [0.3, 0.4) is 0 Å². The Morgan fingerprint density at radius 1 is 1.23 bits per heavy atom. The van der Waals surface area contributed by atoms with Gasteiger partial charge in [0.15, 0.2) is 0 Å². The lowest BCUT2D eigenvalue weighted by Gasteiger charge is -2.06. The van der Waals surface area contributed by atoms with Crippen molar-refractivity contribution in [1.82, 2.24) is 0 Å². The average Bonchev–Trinajstić information content (AvgIpc) is 2.00. The van der Waals surface area contributed by atoms with Crippen LogP contribution < -0.4 is 0 Å². The summed E-state index contributed by atoms with van der Waals surface area (Å²) in [6.45, 7) is 1.87. The Balaban J connectivity index is 2.55. The highest BCUT2D eigenvalue weighted by molar-refractivity contribution is 5.22. The Morgan fingerprint density at radius 3 is 2.46 bits per heavy atom. The highest BCUT2D eigenvalue weighted by Gasteiger charge is 2.26. The SMILES string of the molecule is Cc1cccc(CCC(F)(F)F)c1. The van der Waals surface area contributed by atoms with Gasteiger partial charge in [-0.05, 0) is 18.9 Å². The van der Waals surface area contributed by atoms with E-state index in [1.807, 2.05) is 13.0 Å². The third kappa shape index (κ3) is 3.97. The van der Waals surface area contributed by atoms with Gasteiger partial charge in [-0.3, -0.25) is 0 Å². The van der Waals surface area contributed by atoms with Crippen molar-refractivity contribution in [2.45, 2.75) is 25.9 Å². The van der Waals surface area contributed by atoms with E-state index < -0.39 is 12.6 Å². The summed E-state index contributed by atoms with van der Waals surface area (Å²) >= 11 is 0. The molecule has 0 aliphatic heterocycles. The number of hydrogen-bond donors (Lipinski definition) is 0. The molecule has 0 fully saturated rings. The number of hydrogen-bond acceptors (Lipinski definition) is 0. The Morgan fingerprint density at radius 2 is 1.92 bits per heavy atom. The van der Waals surface area contributed by atoms with Gasteiger partial charge in [-0.25, -0.2) is 0 Å². The fourth-order valence-corrected chi connectivity index (χ4v) is 1.15. The molecule has 0 amide bonds. The third-order valence-electron chi connectivity index (χ3n) is 1.78. The second-order valence-electron chi connectivity index (χ2n) is 3.10. The minimum Gasteiger partial charge on any atom is -0.171 e. The van der Waals surface area contributed by atoms with Gasteiger partial charge in [0, 0.05) is 6.42 Å². The maximum absolute atomic E-state index is 11.8. The van der Waals surface area contributed by atoms with Gasteiger partial charge in [0.25, 0.3) is 0 Å². The molecular weight excluding hydrogens is 177 g/mol. The van der Waals surface area contributed by atoms with Crippen LogP contribution in [0.2, 0.25) is 0 Å². The molecule has 3 heteroatoms. The molecule has 0 bridgehead atoms. The molecule has 0 atom stereocenters. The summed E-state index contributed by atoms with van der Waals surface area (Å²) in [4.78, 5) is 0. The number of alkyl halides is 3. The van der Waals surface area contributed by atoms with Gasteiger partial charge in [-0.15, -0.1) is 0 Å². The van der Waals surface area contributed by atoms with Crippen LogP contribution in [0.4, 0.5) is 13.2 Å². The normalized spacial score (nSPS) is 11.7. The van der Waals surface area contributed by atoms with Crippen molar-refractivity contribution in [3.05, 3.63) is 35.4 Å². The number of halogens is 3. The molecule has 0 saturated heterocycles. The first-order valence-corrected chi connectivity index (χ1v) is 4.10. The smallest absolute Gasteiger partial charge is 0.171 e. The predicted molar refractivity (Wildman–Crippen MR) is 45.6 cm³/mol. The molecule has 0 radical (unpaired) electrons. The van der Waals surface area contributed by atoms with Crippen molar-refractivity contribution in [3.63, 3.8) is 0 Å². The molecule has 1 aromatic rings. The van der Waals surface area contributed by atoms with Crippen molar-refractivity contribution in [1.29, 1.82) is 0 Å². The van der Waals surface area contributed by atoms with E-state index in [4.69, 9.17) is 0 Å². The third-order valence-corrected chi connectivity index (χ3v) is 1.78. The Kier molecular flexibility index (Phi) is 2.96. The molecule has 1 rings (SSSR count).